The van der Waals surface area contributed by atoms with E-state index in [1.165, 1.54) is 11.1 Å². The second-order valence-electron chi connectivity index (χ2n) is 7.12. The Morgan fingerprint density at radius 2 is 1.93 bits per heavy atom. The topological polar surface area (TPSA) is 70.4 Å². The van der Waals surface area contributed by atoms with Crippen molar-refractivity contribution < 1.29 is 14.3 Å². The third-order valence-electron chi connectivity index (χ3n) is 5.23. The molecule has 1 aliphatic carbocycles. The van der Waals surface area contributed by atoms with E-state index in [2.05, 4.69) is 12.1 Å². The Kier molecular flexibility index (Phi) is 6.10. The number of nitriles is 1. The predicted molar refractivity (Wildman–Crippen MR) is 107 cm³/mol. The zero-order valence-corrected chi connectivity index (χ0v) is 16.3. The third kappa shape index (κ3) is 4.40. The van der Waals surface area contributed by atoms with Crippen LogP contribution in [0.15, 0.2) is 42.5 Å². The smallest absolute Gasteiger partial charge is 0.306 e. The molecule has 2 aromatic carbocycles. The van der Waals surface area contributed by atoms with Crippen LogP contribution in [0.3, 0.4) is 0 Å². The van der Waals surface area contributed by atoms with Crippen LogP contribution in [0.25, 0.3) is 0 Å². The number of carbonyl (C=O) groups is 2. The van der Waals surface area contributed by atoms with E-state index in [1.54, 1.807) is 36.2 Å². The zero-order valence-electron chi connectivity index (χ0n) is 16.3. The number of aryl methyl sites for hydroxylation is 1. The maximum absolute atomic E-state index is 12.8. The van der Waals surface area contributed by atoms with Gasteiger partial charge in [-0.05, 0) is 79.6 Å². The number of ether oxygens (including phenoxy) is 1. The number of hydrogen-bond acceptors (Lipinski definition) is 4. The lowest BCUT2D eigenvalue weighted by atomic mass is 9.82. The lowest BCUT2D eigenvalue weighted by molar-refractivity contribution is -0.144. The van der Waals surface area contributed by atoms with E-state index in [0.717, 1.165) is 24.9 Å². The molecule has 1 unspecified atom stereocenters. The summed E-state index contributed by atoms with van der Waals surface area (Å²) in [6.45, 7) is 2.23. The number of amides is 1. The summed E-state index contributed by atoms with van der Waals surface area (Å²) < 4.78 is 5.08. The van der Waals surface area contributed by atoms with Crippen LogP contribution in [0, 0.1) is 17.2 Å². The van der Waals surface area contributed by atoms with Gasteiger partial charge in [-0.25, -0.2) is 0 Å². The van der Waals surface area contributed by atoms with Gasteiger partial charge >= 0.3 is 5.97 Å². The monoisotopic (exact) mass is 376 g/mol. The highest BCUT2D eigenvalue weighted by atomic mass is 16.5. The number of hydrogen-bond donors (Lipinski definition) is 0. The molecule has 0 heterocycles. The first-order valence-electron chi connectivity index (χ1n) is 9.57. The van der Waals surface area contributed by atoms with Gasteiger partial charge in [0.2, 0.25) is 0 Å². The van der Waals surface area contributed by atoms with Crippen LogP contribution in [0.2, 0.25) is 0 Å². The Bertz CT molecular complexity index is 912. The Morgan fingerprint density at radius 1 is 1.18 bits per heavy atom. The summed E-state index contributed by atoms with van der Waals surface area (Å²) in [6, 6.07) is 14.8. The minimum absolute atomic E-state index is 0.122. The average Bonchev–Trinajstić information content (AvgIpc) is 2.72. The Morgan fingerprint density at radius 3 is 2.61 bits per heavy atom. The molecular formula is C23H24N2O3. The van der Waals surface area contributed by atoms with Crippen LogP contribution in [-0.4, -0.2) is 25.5 Å². The van der Waals surface area contributed by atoms with E-state index < -0.39 is 0 Å². The lowest BCUT2D eigenvalue weighted by Crippen LogP contribution is -2.27. The molecule has 0 fully saturated rings. The van der Waals surface area contributed by atoms with Crippen molar-refractivity contribution in [1.29, 1.82) is 5.26 Å². The molecule has 1 aliphatic rings. The fourth-order valence-electron chi connectivity index (χ4n) is 3.66. The highest BCUT2D eigenvalue weighted by molar-refractivity contribution is 6.05. The summed E-state index contributed by atoms with van der Waals surface area (Å²) in [4.78, 5) is 26.2. The summed E-state index contributed by atoms with van der Waals surface area (Å²) >= 11 is 0. The second-order valence-corrected chi connectivity index (χ2v) is 7.12. The van der Waals surface area contributed by atoms with Gasteiger partial charge in [-0.15, -0.1) is 0 Å². The normalized spacial score (nSPS) is 15.2. The molecule has 0 bridgehead atoms. The van der Waals surface area contributed by atoms with E-state index in [9.17, 15) is 9.59 Å². The van der Waals surface area contributed by atoms with Crippen molar-refractivity contribution in [3.63, 3.8) is 0 Å². The molecule has 1 amide bonds. The average molecular weight is 376 g/mol. The molecule has 0 radical (unpaired) electrons. The molecule has 0 aliphatic heterocycles. The minimum Gasteiger partial charge on any atom is -0.466 e. The van der Waals surface area contributed by atoms with Gasteiger partial charge in [-0.2, -0.15) is 5.26 Å². The molecular weight excluding hydrogens is 352 g/mol. The number of carbonyl (C=O) groups excluding carboxylic acids is 2. The molecule has 0 saturated carbocycles. The van der Waals surface area contributed by atoms with Crippen LogP contribution in [0.4, 0.5) is 5.69 Å². The van der Waals surface area contributed by atoms with Crippen molar-refractivity contribution in [1.82, 2.24) is 0 Å². The summed E-state index contributed by atoms with van der Waals surface area (Å²) in [5, 5.41) is 8.90. The van der Waals surface area contributed by atoms with Crippen LogP contribution in [0.5, 0.6) is 0 Å². The molecule has 3 rings (SSSR count). The maximum atomic E-state index is 12.8. The second kappa shape index (κ2) is 8.71. The summed E-state index contributed by atoms with van der Waals surface area (Å²) in [5.41, 5.74) is 4.37. The first-order valence-corrected chi connectivity index (χ1v) is 9.57. The number of esters is 1. The fourth-order valence-corrected chi connectivity index (χ4v) is 3.66. The summed E-state index contributed by atoms with van der Waals surface area (Å²) in [7, 11) is 1.75. The standard InChI is InChI=1S/C23H24N2O3/c1-3-28-22(26)13-17-6-7-18-10-11-21(14-20(18)12-17)25(2)23(27)19-8-4-16(15-24)5-9-19/h4-5,8-11,14,17H,3,6-7,12-13H2,1-2H3. The van der Waals surface area contributed by atoms with Gasteiger partial charge in [0, 0.05) is 24.7 Å². The molecule has 0 spiro atoms. The Hall–Kier alpha value is -3.13. The van der Waals surface area contributed by atoms with Gasteiger partial charge in [0.15, 0.2) is 0 Å². The van der Waals surface area contributed by atoms with E-state index in [-0.39, 0.29) is 17.8 Å². The van der Waals surface area contributed by atoms with Gasteiger partial charge < -0.3 is 9.64 Å². The van der Waals surface area contributed by atoms with Gasteiger partial charge in [-0.3, -0.25) is 9.59 Å². The SMILES string of the molecule is CCOC(=O)CC1CCc2ccc(N(C)C(=O)c3ccc(C#N)cc3)cc2C1. The molecule has 144 valence electrons. The number of anilines is 1. The van der Waals surface area contributed by atoms with E-state index in [4.69, 9.17) is 10.00 Å². The zero-order chi connectivity index (χ0) is 20.1. The number of rotatable bonds is 5. The van der Waals surface area contributed by atoms with E-state index in [1.807, 2.05) is 19.1 Å². The molecule has 0 N–H and O–H groups in total. The summed E-state index contributed by atoms with van der Waals surface area (Å²) in [5.74, 6) is 0.0184. The van der Waals surface area contributed by atoms with E-state index >= 15 is 0 Å². The number of fused-ring (bicyclic) bond motifs is 1. The van der Waals surface area contributed by atoms with Crippen molar-refractivity contribution in [3.05, 3.63) is 64.7 Å². The molecule has 0 aromatic heterocycles. The lowest BCUT2D eigenvalue weighted by Gasteiger charge is -2.26. The number of benzene rings is 2. The van der Waals surface area contributed by atoms with E-state index in [0.29, 0.717) is 24.2 Å². The predicted octanol–water partition coefficient (Wildman–Crippen LogP) is 3.89. The van der Waals surface area contributed by atoms with Gasteiger partial charge in [0.25, 0.3) is 5.91 Å². The van der Waals surface area contributed by atoms with Crippen LogP contribution in [0.1, 0.15) is 46.8 Å². The fraction of sp³-hybridized carbons (Fsp3) is 0.348. The highest BCUT2D eigenvalue weighted by Gasteiger charge is 2.23. The first-order chi connectivity index (χ1) is 13.5. The third-order valence-corrected chi connectivity index (χ3v) is 5.23. The van der Waals surface area contributed by atoms with Gasteiger partial charge in [-0.1, -0.05) is 6.07 Å². The quantitative estimate of drug-likeness (QED) is 0.742. The van der Waals surface area contributed by atoms with Crippen LogP contribution in [-0.2, 0) is 22.4 Å². The van der Waals surface area contributed by atoms with Gasteiger partial charge in [0.1, 0.15) is 0 Å². The summed E-state index contributed by atoms with van der Waals surface area (Å²) in [6.07, 6.45) is 3.18. The minimum atomic E-state index is -0.139. The Balaban J connectivity index is 1.74. The first kappa shape index (κ1) is 19.6. The van der Waals surface area contributed by atoms with Crippen LogP contribution < -0.4 is 4.90 Å². The van der Waals surface area contributed by atoms with Crippen LogP contribution >= 0.6 is 0 Å². The van der Waals surface area contributed by atoms with Crippen molar-refractivity contribution in [2.45, 2.75) is 32.6 Å². The van der Waals surface area contributed by atoms with Gasteiger partial charge in [0.05, 0.1) is 18.2 Å². The van der Waals surface area contributed by atoms with Crippen molar-refractivity contribution in [2.24, 2.45) is 5.92 Å². The van der Waals surface area contributed by atoms with Crippen molar-refractivity contribution in [3.8, 4) is 6.07 Å². The molecule has 0 saturated heterocycles. The van der Waals surface area contributed by atoms with Crippen molar-refractivity contribution in [2.75, 3.05) is 18.6 Å². The molecule has 5 heteroatoms. The maximum Gasteiger partial charge on any atom is 0.306 e. The largest absolute Gasteiger partial charge is 0.466 e. The molecule has 28 heavy (non-hydrogen) atoms. The molecule has 5 nitrogen and oxygen atoms in total. The van der Waals surface area contributed by atoms with Crippen molar-refractivity contribution >= 4 is 17.6 Å². The highest BCUT2D eigenvalue weighted by Crippen LogP contribution is 2.31. The number of nitrogens with zero attached hydrogens (tertiary/aromatic N) is 2. The Labute approximate surface area is 165 Å². The molecule has 2 aromatic rings. The molecule has 1 atom stereocenters.